The van der Waals surface area contributed by atoms with Crippen molar-refractivity contribution in [3.63, 3.8) is 0 Å². The fourth-order valence-corrected chi connectivity index (χ4v) is 2.64. The van der Waals surface area contributed by atoms with Crippen molar-refractivity contribution in [2.45, 2.75) is 11.8 Å². The van der Waals surface area contributed by atoms with Crippen LogP contribution in [0.1, 0.15) is 5.56 Å². The van der Waals surface area contributed by atoms with Crippen molar-refractivity contribution < 1.29 is 0 Å². The second kappa shape index (κ2) is 6.72. The van der Waals surface area contributed by atoms with Crippen LogP contribution in [0.5, 0.6) is 0 Å². The van der Waals surface area contributed by atoms with E-state index in [1.807, 2.05) is 43.0 Å². The lowest BCUT2D eigenvalue weighted by Crippen LogP contribution is -2.04. The van der Waals surface area contributed by atoms with Gasteiger partial charge in [0.05, 0.1) is 10.7 Å². The predicted molar refractivity (Wildman–Crippen MR) is 81.8 cm³/mol. The van der Waals surface area contributed by atoms with Crippen LogP contribution in [0, 0.1) is 6.92 Å². The van der Waals surface area contributed by atoms with Gasteiger partial charge in [-0.2, -0.15) is 0 Å². The number of hydrogen-bond acceptors (Lipinski definition) is 2. The average molecular weight is 278 g/mol. The Balaban J connectivity index is 1.81. The standard InChI is InChI=1S/C15H16ClNS/c1-12-6-5-9-14(15(12)16)17-10-11-18-13-7-3-2-4-8-13/h2-9,17H,10-11H2,1H3. The molecule has 0 aliphatic rings. The van der Waals surface area contributed by atoms with Crippen LogP contribution in [0.3, 0.4) is 0 Å². The van der Waals surface area contributed by atoms with Crippen LogP contribution in [-0.4, -0.2) is 12.3 Å². The number of halogens is 1. The monoisotopic (exact) mass is 277 g/mol. The summed E-state index contributed by atoms with van der Waals surface area (Å²) in [6.07, 6.45) is 0. The zero-order valence-electron chi connectivity index (χ0n) is 10.3. The quantitative estimate of drug-likeness (QED) is 0.619. The van der Waals surface area contributed by atoms with Crippen molar-refractivity contribution in [2.24, 2.45) is 0 Å². The summed E-state index contributed by atoms with van der Waals surface area (Å²) in [5.41, 5.74) is 2.13. The number of benzene rings is 2. The highest BCUT2D eigenvalue weighted by molar-refractivity contribution is 7.99. The fourth-order valence-electron chi connectivity index (χ4n) is 1.66. The molecule has 1 nitrogen and oxygen atoms in total. The molecule has 18 heavy (non-hydrogen) atoms. The van der Waals surface area contributed by atoms with Gasteiger partial charge in [0.25, 0.3) is 0 Å². The molecule has 94 valence electrons. The van der Waals surface area contributed by atoms with Crippen LogP contribution in [0.4, 0.5) is 5.69 Å². The fraction of sp³-hybridized carbons (Fsp3) is 0.200. The molecule has 3 heteroatoms. The van der Waals surface area contributed by atoms with Crippen molar-refractivity contribution >= 4 is 29.1 Å². The molecule has 2 aromatic carbocycles. The maximum Gasteiger partial charge on any atom is 0.0666 e. The molecule has 0 saturated heterocycles. The number of anilines is 1. The van der Waals surface area contributed by atoms with Gasteiger partial charge in [-0.1, -0.05) is 41.9 Å². The number of rotatable bonds is 5. The zero-order chi connectivity index (χ0) is 12.8. The third-order valence-corrected chi connectivity index (χ3v) is 4.14. The molecule has 2 aromatic rings. The van der Waals surface area contributed by atoms with Gasteiger partial charge in [0.2, 0.25) is 0 Å². The first kappa shape index (κ1) is 13.3. The average Bonchev–Trinajstić information content (AvgIpc) is 2.40. The Hall–Kier alpha value is -1.12. The number of nitrogens with one attached hydrogen (secondary N) is 1. The molecule has 0 saturated carbocycles. The van der Waals surface area contributed by atoms with Crippen LogP contribution >= 0.6 is 23.4 Å². The van der Waals surface area contributed by atoms with E-state index in [1.165, 1.54) is 4.90 Å². The summed E-state index contributed by atoms with van der Waals surface area (Å²) in [5, 5.41) is 4.19. The molecule has 0 aliphatic heterocycles. The molecule has 0 atom stereocenters. The minimum absolute atomic E-state index is 0.821. The Kier molecular flexibility index (Phi) is 4.97. The van der Waals surface area contributed by atoms with Gasteiger partial charge in [-0.15, -0.1) is 11.8 Å². The van der Waals surface area contributed by atoms with E-state index in [4.69, 9.17) is 11.6 Å². The Bertz CT molecular complexity index is 499. The minimum Gasteiger partial charge on any atom is -0.383 e. The smallest absolute Gasteiger partial charge is 0.0666 e. The van der Waals surface area contributed by atoms with Crippen molar-refractivity contribution in [1.29, 1.82) is 0 Å². The predicted octanol–water partition coefficient (Wildman–Crippen LogP) is 4.85. The number of hydrogen-bond donors (Lipinski definition) is 1. The summed E-state index contributed by atoms with van der Waals surface area (Å²) in [7, 11) is 0. The zero-order valence-corrected chi connectivity index (χ0v) is 11.9. The maximum atomic E-state index is 6.22. The first-order chi connectivity index (χ1) is 8.77. The van der Waals surface area contributed by atoms with Crippen LogP contribution in [0.2, 0.25) is 5.02 Å². The van der Waals surface area contributed by atoms with E-state index in [0.717, 1.165) is 28.6 Å². The number of thioether (sulfide) groups is 1. The molecule has 0 unspecified atom stereocenters. The Morgan fingerprint density at radius 1 is 1.06 bits per heavy atom. The summed E-state index contributed by atoms with van der Waals surface area (Å²) in [5.74, 6) is 1.02. The summed E-state index contributed by atoms with van der Waals surface area (Å²) in [6.45, 7) is 2.93. The first-order valence-electron chi connectivity index (χ1n) is 5.94. The molecular weight excluding hydrogens is 262 g/mol. The van der Waals surface area contributed by atoms with Crippen molar-refractivity contribution in [3.8, 4) is 0 Å². The van der Waals surface area contributed by atoms with Gasteiger partial charge in [0.15, 0.2) is 0 Å². The molecule has 0 radical (unpaired) electrons. The van der Waals surface area contributed by atoms with E-state index < -0.39 is 0 Å². The largest absolute Gasteiger partial charge is 0.383 e. The van der Waals surface area contributed by atoms with Crippen LogP contribution in [0.25, 0.3) is 0 Å². The summed E-state index contributed by atoms with van der Waals surface area (Å²) >= 11 is 8.06. The van der Waals surface area contributed by atoms with Crippen molar-refractivity contribution in [1.82, 2.24) is 0 Å². The van der Waals surface area contributed by atoms with Gasteiger partial charge in [0, 0.05) is 17.2 Å². The van der Waals surface area contributed by atoms with Crippen molar-refractivity contribution in [3.05, 3.63) is 59.1 Å². The molecule has 0 bridgehead atoms. The van der Waals surface area contributed by atoms with Gasteiger partial charge in [-0.05, 0) is 30.7 Å². The maximum absolute atomic E-state index is 6.22. The lowest BCUT2D eigenvalue weighted by atomic mass is 10.2. The minimum atomic E-state index is 0.821. The van der Waals surface area contributed by atoms with Gasteiger partial charge in [0.1, 0.15) is 0 Å². The summed E-state index contributed by atoms with van der Waals surface area (Å²) in [6, 6.07) is 16.5. The van der Waals surface area contributed by atoms with E-state index in [1.54, 1.807) is 0 Å². The molecule has 0 spiro atoms. The Morgan fingerprint density at radius 3 is 2.61 bits per heavy atom. The summed E-state index contributed by atoms with van der Waals surface area (Å²) < 4.78 is 0. The third kappa shape index (κ3) is 3.69. The lowest BCUT2D eigenvalue weighted by molar-refractivity contribution is 1.22. The second-order valence-electron chi connectivity index (χ2n) is 4.02. The highest BCUT2D eigenvalue weighted by atomic mass is 35.5. The topological polar surface area (TPSA) is 12.0 Å². The molecular formula is C15H16ClNS. The molecule has 0 heterocycles. The SMILES string of the molecule is Cc1cccc(NCCSc2ccccc2)c1Cl. The lowest BCUT2D eigenvalue weighted by Gasteiger charge is -2.09. The molecule has 0 aromatic heterocycles. The van der Waals surface area contributed by atoms with E-state index >= 15 is 0 Å². The Labute approximate surface area is 118 Å². The molecule has 0 fully saturated rings. The highest BCUT2D eigenvalue weighted by Crippen LogP contribution is 2.25. The highest BCUT2D eigenvalue weighted by Gasteiger charge is 2.01. The molecule has 0 amide bonds. The molecule has 0 aliphatic carbocycles. The number of aryl methyl sites for hydroxylation is 1. The van der Waals surface area contributed by atoms with Crippen molar-refractivity contribution in [2.75, 3.05) is 17.6 Å². The van der Waals surface area contributed by atoms with E-state index in [9.17, 15) is 0 Å². The first-order valence-corrected chi connectivity index (χ1v) is 7.30. The molecule has 2 rings (SSSR count). The van der Waals surface area contributed by atoms with Gasteiger partial charge in [-0.25, -0.2) is 0 Å². The third-order valence-electron chi connectivity index (χ3n) is 2.62. The summed E-state index contributed by atoms with van der Waals surface area (Å²) in [4.78, 5) is 1.30. The normalized spacial score (nSPS) is 10.3. The van der Waals surface area contributed by atoms with Gasteiger partial charge in [-0.3, -0.25) is 0 Å². The van der Waals surface area contributed by atoms with Gasteiger partial charge >= 0.3 is 0 Å². The van der Waals surface area contributed by atoms with Crippen LogP contribution in [-0.2, 0) is 0 Å². The van der Waals surface area contributed by atoms with E-state index in [0.29, 0.717) is 0 Å². The van der Waals surface area contributed by atoms with E-state index in [-0.39, 0.29) is 0 Å². The second-order valence-corrected chi connectivity index (χ2v) is 5.57. The van der Waals surface area contributed by atoms with Crippen LogP contribution in [0.15, 0.2) is 53.4 Å². The van der Waals surface area contributed by atoms with Gasteiger partial charge < -0.3 is 5.32 Å². The Morgan fingerprint density at radius 2 is 1.83 bits per heavy atom. The van der Waals surface area contributed by atoms with E-state index in [2.05, 4.69) is 29.6 Å². The molecule has 1 N–H and O–H groups in total. The van der Waals surface area contributed by atoms with Crippen LogP contribution < -0.4 is 5.32 Å².